The first-order chi connectivity index (χ1) is 11.0. The van der Waals surface area contributed by atoms with E-state index in [0.717, 1.165) is 16.9 Å². The smallest absolute Gasteiger partial charge is 0.174 e. The highest BCUT2D eigenvalue weighted by Gasteiger charge is 2.32. The van der Waals surface area contributed by atoms with Gasteiger partial charge in [0.05, 0.1) is 6.61 Å². The first kappa shape index (κ1) is 18.3. The Kier molecular flexibility index (Phi) is 6.90. The van der Waals surface area contributed by atoms with E-state index in [1.54, 1.807) is 0 Å². The number of rotatable bonds is 8. The Morgan fingerprint density at radius 3 is 2.35 bits per heavy atom. The van der Waals surface area contributed by atoms with Crippen molar-refractivity contribution in [3.8, 4) is 0 Å². The highest BCUT2D eigenvalue weighted by atomic mass is 32.2. The maximum atomic E-state index is 10.00. The van der Waals surface area contributed by atoms with Crippen LogP contribution >= 0.6 is 23.1 Å². The van der Waals surface area contributed by atoms with Gasteiger partial charge in [0.15, 0.2) is 4.34 Å². The fourth-order valence-electron chi connectivity index (χ4n) is 1.79. The van der Waals surface area contributed by atoms with E-state index in [4.69, 9.17) is 5.11 Å². The molecular weight excluding hydrogens is 340 g/mol. The average molecular weight is 358 g/mol. The van der Waals surface area contributed by atoms with Crippen LogP contribution in [-0.2, 0) is 5.75 Å². The van der Waals surface area contributed by atoms with E-state index in [-0.39, 0.29) is 5.01 Å². The Morgan fingerprint density at radius 1 is 1.00 bits per heavy atom. The standard InChI is InChI=1S/C14H18N2O5S2/c17-6-9(18)10(19)11(20)12(21)13-15-16-14(23-13)22-7-8-4-2-1-3-5-8/h1-5,9-12,17-21H,6-7H2/t9-,10+,11+,12-/m1/s1. The monoisotopic (exact) mass is 358 g/mol. The lowest BCUT2D eigenvalue weighted by Crippen LogP contribution is -2.42. The van der Waals surface area contributed by atoms with Crippen LogP contribution in [0.4, 0.5) is 0 Å². The van der Waals surface area contributed by atoms with Gasteiger partial charge in [-0.05, 0) is 5.56 Å². The maximum absolute atomic E-state index is 10.00. The van der Waals surface area contributed by atoms with Gasteiger partial charge in [0.25, 0.3) is 0 Å². The summed E-state index contributed by atoms with van der Waals surface area (Å²) in [4.78, 5) is 0. The van der Waals surface area contributed by atoms with Crippen molar-refractivity contribution in [3.63, 3.8) is 0 Å². The molecular formula is C14H18N2O5S2. The molecule has 5 N–H and O–H groups in total. The van der Waals surface area contributed by atoms with Gasteiger partial charge >= 0.3 is 0 Å². The number of aromatic nitrogens is 2. The third-order valence-corrected chi connectivity index (χ3v) is 5.33. The van der Waals surface area contributed by atoms with Crippen molar-refractivity contribution in [1.82, 2.24) is 10.2 Å². The summed E-state index contributed by atoms with van der Waals surface area (Å²) in [5.74, 6) is 0.694. The Hall–Kier alpha value is -1.07. The molecule has 0 fully saturated rings. The van der Waals surface area contributed by atoms with Crippen molar-refractivity contribution in [2.75, 3.05) is 6.61 Å². The Bertz CT molecular complexity index is 598. The van der Waals surface area contributed by atoms with Gasteiger partial charge in [-0.3, -0.25) is 0 Å². The highest BCUT2D eigenvalue weighted by Crippen LogP contribution is 2.30. The van der Waals surface area contributed by atoms with Crippen LogP contribution in [0, 0.1) is 0 Å². The Labute approximate surface area is 141 Å². The van der Waals surface area contributed by atoms with Gasteiger partial charge < -0.3 is 25.5 Å². The predicted molar refractivity (Wildman–Crippen MR) is 86.0 cm³/mol. The molecule has 23 heavy (non-hydrogen) atoms. The summed E-state index contributed by atoms with van der Waals surface area (Å²) in [7, 11) is 0. The molecule has 9 heteroatoms. The van der Waals surface area contributed by atoms with E-state index in [1.807, 2.05) is 30.3 Å². The normalized spacial score (nSPS) is 16.7. The summed E-state index contributed by atoms with van der Waals surface area (Å²) >= 11 is 2.54. The molecule has 0 amide bonds. The zero-order valence-electron chi connectivity index (χ0n) is 12.1. The quantitative estimate of drug-likeness (QED) is 0.415. The minimum absolute atomic E-state index is 0.136. The van der Waals surface area contributed by atoms with Crippen molar-refractivity contribution in [2.24, 2.45) is 0 Å². The molecule has 0 spiro atoms. The number of aliphatic hydroxyl groups is 5. The molecule has 1 aromatic carbocycles. The van der Waals surface area contributed by atoms with E-state index < -0.39 is 31.0 Å². The third-order valence-electron chi connectivity index (χ3n) is 3.13. The van der Waals surface area contributed by atoms with Gasteiger partial charge in [-0.25, -0.2) is 0 Å². The highest BCUT2D eigenvalue weighted by molar-refractivity contribution is 8.00. The molecule has 0 saturated carbocycles. The number of benzene rings is 1. The van der Waals surface area contributed by atoms with Crippen molar-refractivity contribution < 1.29 is 25.5 Å². The molecule has 0 unspecified atom stereocenters. The molecule has 2 rings (SSSR count). The first-order valence-electron chi connectivity index (χ1n) is 6.86. The third kappa shape index (κ3) is 4.95. The number of hydrogen-bond donors (Lipinski definition) is 5. The second-order valence-electron chi connectivity index (χ2n) is 4.86. The van der Waals surface area contributed by atoms with Crippen LogP contribution in [0.3, 0.4) is 0 Å². The van der Waals surface area contributed by atoms with Gasteiger partial charge in [-0.1, -0.05) is 53.4 Å². The molecule has 2 aromatic rings. The van der Waals surface area contributed by atoms with Crippen LogP contribution in [0.1, 0.15) is 16.7 Å². The molecule has 0 radical (unpaired) electrons. The van der Waals surface area contributed by atoms with Crippen LogP contribution in [0.5, 0.6) is 0 Å². The largest absolute Gasteiger partial charge is 0.394 e. The lowest BCUT2D eigenvalue weighted by atomic mass is 10.0. The van der Waals surface area contributed by atoms with Crippen LogP contribution in [0.2, 0.25) is 0 Å². The van der Waals surface area contributed by atoms with Crippen LogP contribution < -0.4 is 0 Å². The van der Waals surface area contributed by atoms with Gasteiger partial charge in [0.2, 0.25) is 0 Å². The van der Waals surface area contributed by atoms with Crippen molar-refractivity contribution in [3.05, 3.63) is 40.9 Å². The van der Waals surface area contributed by atoms with E-state index in [1.165, 1.54) is 11.8 Å². The lowest BCUT2D eigenvalue weighted by Gasteiger charge is -2.24. The molecule has 7 nitrogen and oxygen atoms in total. The summed E-state index contributed by atoms with van der Waals surface area (Å²) in [6, 6.07) is 9.78. The minimum atomic E-state index is -1.68. The summed E-state index contributed by atoms with van der Waals surface area (Å²) < 4.78 is 0.618. The Balaban J connectivity index is 1.95. The van der Waals surface area contributed by atoms with Crippen LogP contribution in [0.15, 0.2) is 34.7 Å². The van der Waals surface area contributed by atoms with Gasteiger partial charge in [-0.2, -0.15) is 0 Å². The molecule has 4 atom stereocenters. The molecule has 126 valence electrons. The van der Waals surface area contributed by atoms with E-state index >= 15 is 0 Å². The SMILES string of the molecule is OC[C@@H](O)[C@H](O)[C@H](O)[C@@H](O)c1nnc(SCc2ccccc2)s1. The second kappa shape index (κ2) is 8.69. The molecule has 1 heterocycles. The summed E-state index contributed by atoms with van der Waals surface area (Å²) in [6.07, 6.45) is -6.38. The number of hydrogen-bond acceptors (Lipinski definition) is 9. The Morgan fingerprint density at radius 2 is 1.70 bits per heavy atom. The molecule has 1 aromatic heterocycles. The van der Waals surface area contributed by atoms with Crippen molar-refractivity contribution in [2.45, 2.75) is 34.5 Å². The van der Waals surface area contributed by atoms with Crippen molar-refractivity contribution >= 4 is 23.1 Å². The molecule has 0 aliphatic rings. The average Bonchev–Trinajstić information content (AvgIpc) is 3.07. The molecule has 0 bridgehead atoms. The first-order valence-corrected chi connectivity index (χ1v) is 8.66. The molecule has 0 aliphatic carbocycles. The number of nitrogens with zero attached hydrogens (tertiary/aromatic N) is 2. The van der Waals surface area contributed by atoms with Gasteiger partial charge in [-0.15, -0.1) is 10.2 Å². The topological polar surface area (TPSA) is 127 Å². The van der Waals surface area contributed by atoms with Gasteiger partial charge in [0, 0.05) is 5.75 Å². The van der Waals surface area contributed by atoms with E-state index in [9.17, 15) is 20.4 Å². The fourth-order valence-corrected chi connectivity index (χ4v) is 3.64. The maximum Gasteiger partial charge on any atom is 0.174 e. The minimum Gasteiger partial charge on any atom is -0.394 e. The summed E-state index contributed by atoms with van der Waals surface area (Å²) in [6.45, 7) is -0.723. The van der Waals surface area contributed by atoms with E-state index in [0.29, 0.717) is 10.1 Å². The summed E-state index contributed by atoms with van der Waals surface area (Å²) in [5.41, 5.74) is 1.12. The van der Waals surface area contributed by atoms with Crippen LogP contribution in [0.25, 0.3) is 0 Å². The number of aliphatic hydroxyl groups excluding tert-OH is 5. The van der Waals surface area contributed by atoms with Crippen LogP contribution in [-0.4, -0.2) is 60.6 Å². The number of thioether (sulfide) groups is 1. The summed E-state index contributed by atoms with van der Waals surface area (Å²) in [5, 5.41) is 55.3. The zero-order valence-corrected chi connectivity index (χ0v) is 13.7. The predicted octanol–water partition coefficient (Wildman–Crippen LogP) is -0.0612. The zero-order chi connectivity index (χ0) is 16.8. The molecule has 0 saturated heterocycles. The van der Waals surface area contributed by atoms with E-state index in [2.05, 4.69) is 10.2 Å². The fraction of sp³-hybridized carbons (Fsp3) is 0.429. The van der Waals surface area contributed by atoms with Crippen molar-refractivity contribution in [1.29, 1.82) is 0 Å². The molecule has 0 aliphatic heterocycles. The lowest BCUT2D eigenvalue weighted by molar-refractivity contribution is -0.116. The van der Waals surface area contributed by atoms with Gasteiger partial charge in [0.1, 0.15) is 29.4 Å². The second-order valence-corrected chi connectivity index (χ2v) is 7.09.